The van der Waals surface area contributed by atoms with E-state index < -0.39 is 5.60 Å². The summed E-state index contributed by atoms with van der Waals surface area (Å²) in [5.74, 6) is 0.328. The number of nitrogens with zero attached hydrogens (tertiary/aromatic N) is 2. The second kappa shape index (κ2) is 6.88. The number of amides is 1. The van der Waals surface area contributed by atoms with Crippen molar-refractivity contribution in [3.63, 3.8) is 0 Å². The van der Waals surface area contributed by atoms with Gasteiger partial charge in [-0.05, 0) is 19.3 Å². The Morgan fingerprint density at radius 3 is 2.65 bits per heavy atom. The smallest absolute Gasteiger partial charge is 0.223 e. The van der Waals surface area contributed by atoms with Gasteiger partial charge >= 0.3 is 0 Å². The zero-order valence-corrected chi connectivity index (χ0v) is 13.2. The molecule has 5 heteroatoms. The Hall–Kier alpha value is -1.36. The highest BCUT2D eigenvalue weighted by Gasteiger charge is 2.28. The van der Waals surface area contributed by atoms with Crippen LogP contribution in [0.1, 0.15) is 46.1 Å². The molecule has 1 amide bonds. The van der Waals surface area contributed by atoms with Crippen LogP contribution in [0.5, 0.6) is 0 Å². The van der Waals surface area contributed by atoms with E-state index in [2.05, 4.69) is 31.2 Å². The normalized spacial score (nSPS) is 15.9. The van der Waals surface area contributed by atoms with Crippen molar-refractivity contribution < 1.29 is 9.90 Å². The lowest BCUT2D eigenvalue weighted by Gasteiger charge is -2.25. The number of aliphatic hydroxyl groups is 1. The van der Waals surface area contributed by atoms with Crippen molar-refractivity contribution in [3.05, 3.63) is 18.0 Å². The standard InChI is InChI=1S/C15H27N3O2/c1-6-7-13(11(2)3)14(19)16-10-15(4,20)12-8-17-18(5)9-12/h8-9,11,13,20H,6-7,10H2,1-5H3,(H,16,19). The molecule has 2 N–H and O–H groups in total. The van der Waals surface area contributed by atoms with Crippen LogP contribution in [0.3, 0.4) is 0 Å². The highest BCUT2D eigenvalue weighted by Crippen LogP contribution is 2.20. The first kappa shape index (κ1) is 16.7. The molecular formula is C15H27N3O2. The lowest BCUT2D eigenvalue weighted by molar-refractivity contribution is -0.127. The van der Waals surface area contributed by atoms with E-state index in [9.17, 15) is 9.90 Å². The van der Waals surface area contributed by atoms with E-state index in [0.717, 1.165) is 12.8 Å². The molecule has 0 saturated heterocycles. The molecule has 1 heterocycles. The molecule has 1 rings (SSSR count). The zero-order valence-electron chi connectivity index (χ0n) is 13.2. The molecule has 0 aliphatic carbocycles. The number of hydrogen-bond donors (Lipinski definition) is 2. The Bertz CT molecular complexity index is 438. The van der Waals surface area contributed by atoms with Crippen LogP contribution in [0, 0.1) is 11.8 Å². The van der Waals surface area contributed by atoms with Gasteiger partial charge in [-0.25, -0.2) is 0 Å². The predicted octanol–water partition coefficient (Wildman–Crippen LogP) is 1.82. The summed E-state index contributed by atoms with van der Waals surface area (Å²) in [5.41, 5.74) is -0.394. The average Bonchev–Trinajstić information content (AvgIpc) is 2.80. The number of rotatable bonds is 7. The summed E-state index contributed by atoms with van der Waals surface area (Å²) in [6.45, 7) is 8.08. The Morgan fingerprint density at radius 2 is 2.20 bits per heavy atom. The van der Waals surface area contributed by atoms with Crippen molar-refractivity contribution in [1.82, 2.24) is 15.1 Å². The van der Waals surface area contributed by atoms with Gasteiger partial charge in [0.05, 0.1) is 12.7 Å². The van der Waals surface area contributed by atoms with Crippen molar-refractivity contribution in [3.8, 4) is 0 Å². The fourth-order valence-electron chi connectivity index (χ4n) is 2.27. The molecule has 0 aliphatic rings. The zero-order chi connectivity index (χ0) is 15.3. The van der Waals surface area contributed by atoms with Gasteiger partial charge in [0.25, 0.3) is 0 Å². The van der Waals surface area contributed by atoms with E-state index in [0.29, 0.717) is 11.5 Å². The minimum atomic E-state index is -1.10. The molecule has 2 atom stereocenters. The van der Waals surface area contributed by atoms with Crippen LogP contribution in [-0.2, 0) is 17.4 Å². The number of aromatic nitrogens is 2. The molecule has 114 valence electrons. The topological polar surface area (TPSA) is 67.2 Å². The van der Waals surface area contributed by atoms with Crippen LogP contribution in [0.4, 0.5) is 0 Å². The van der Waals surface area contributed by atoms with E-state index in [-0.39, 0.29) is 18.4 Å². The summed E-state index contributed by atoms with van der Waals surface area (Å²) in [5, 5.41) is 17.3. The maximum atomic E-state index is 12.2. The van der Waals surface area contributed by atoms with Gasteiger partial charge in [0, 0.05) is 24.7 Å². The summed E-state index contributed by atoms with van der Waals surface area (Å²) in [7, 11) is 1.80. The molecule has 0 radical (unpaired) electrons. The number of carbonyl (C=O) groups excluding carboxylic acids is 1. The second-order valence-corrected chi connectivity index (χ2v) is 6.03. The molecule has 0 bridgehead atoms. The average molecular weight is 281 g/mol. The largest absolute Gasteiger partial charge is 0.383 e. The van der Waals surface area contributed by atoms with Gasteiger partial charge in [0.15, 0.2) is 0 Å². The maximum Gasteiger partial charge on any atom is 0.223 e. The third-order valence-corrected chi connectivity index (χ3v) is 3.67. The van der Waals surface area contributed by atoms with Gasteiger partial charge < -0.3 is 10.4 Å². The quantitative estimate of drug-likeness (QED) is 0.801. The fraction of sp³-hybridized carbons (Fsp3) is 0.733. The van der Waals surface area contributed by atoms with Gasteiger partial charge in [-0.1, -0.05) is 27.2 Å². The summed E-state index contributed by atoms with van der Waals surface area (Å²) in [6, 6.07) is 0. The van der Waals surface area contributed by atoms with E-state index in [1.807, 2.05) is 0 Å². The Balaban J connectivity index is 2.63. The molecular weight excluding hydrogens is 254 g/mol. The Kier molecular flexibility index (Phi) is 5.74. The summed E-state index contributed by atoms with van der Waals surface area (Å²) >= 11 is 0. The highest BCUT2D eigenvalue weighted by molar-refractivity contribution is 5.78. The first-order valence-corrected chi connectivity index (χ1v) is 7.27. The van der Waals surface area contributed by atoms with E-state index in [4.69, 9.17) is 0 Å². The summed E-state index contributed by atoms with van der Waals surface area (Å²) < 4.78 is 1.64. The minimum absolute atomic E-state index is 0.00435. The minimum Gasteiger partial charge on any atom is -0.383 e. The first-order chi connectivity index (χ1) is 9.27. The van der Waals surface area contributed by atoms with Crippen molar-refractivity contribution in [2.75, 3.05) is 6.54 Å². The molecule has 0 saturated carbocycles. The predicted molar refractivity (Wildman–Crippen MR) is 79.0 cm³/mol. The molecule has 2 unspecified atom stereocenters. The molecule has 1 aromatic rings. The molecule has 1 aromatic heterocycles. The van der Waals surface area contributed by atoms with E-state index in [1.54, 1.807) is 31.0 Å². The third kappa shape index (κ3) is 4.34. The molecule has 5 nitrogen and oxygen atoms in total. The highest BCUT2D eigenvalue weighted by atomic mass is 16.3. The van der Waals surface area contributed by atoms with Crippen LogP contribution in [0.15, 0.2) is 12.4 Å². The van der Waals surface area contributed by atoms with Gasteiger partial charge in [-0.2, -0.15) is 5.10 Å². The number of aryl methyl sites for hydroxylation is 1. The molecule has 0 fully saturated rings. The third-order valence-electron chi connectivity index (χ3n) is 3.67. The van der Waals surface area contributed by atoms with Crippen LogP contribution >= 0.6 is 0 Å². The Morgan fingerprint density at radius 1 is 1.55 bits per heavy atom. The van der Waals surface area contributed by atoms with Crippen LogP contribution in [0.2, 0.25) is 0 Å². The second-order valence-electron chi connectivity index (χ2n) is 6.03. The molecule has 20 heavy (non-hydrogen) atoms. The van der Waals surface area contributed by atoms with Crippen molar-refractivity contribution in [1.29, 1.82) is 0 Å². The van der Waals surface area contributed by atoms with Gasteiger partial charge in [0.1, 0.15) is 5.60 Å². The van der Waals surface area contributed by atoms with Gasteiger partial charge in [-0.15, -0.1) is 0 Å². The SMILES string of the molecule is CCCC(C(=O)NCC(C)(O)c1cnn(C)c1)C(C)C. The number of hydrogen-bond acceptors (Lipinski definition) is 3. The number of carbonyl (C=O) groups is 1. The maximum absolute atomic E-state index is 12.2. The van der Waals surface area contributed by atoms with Crippen LogP contribution in [-0.4, -0.2) is 27.3 Å². The van der Waals surface area contributed by atoms with Crippen LogP contribution < -0.4 is 5.32 Å². The van der Waals surface area contributed by atoms with E-state index in [1.165, 1.54) is 0 Å². The molecule has 0 aromatic carbocycles. The molecule has 0 spiro atoms. The van der Waals surface area contributed by atoms with Gasteiger partial charge in [-0.3, -0.25) is 9.48 Å². The van der Waals surface area contributed by atoms with Crippen molar-refractivity contribution in [2.45, 2.75) is 46.1 Å². The molecule has 0 aliphatic heterocycles. The van der Waals surface area contributed by atoms with Gasteiger partial charge in [0.2, 0.25) is 5.91 Å². The summed E-state index contributed by atoms with van der Waals surface area (Å²) in [6.07, 6.45) is 5.24. The van der Waals surface area contributed by atoms with Crippen molar-refractivity contribution in [2.24, 2.45) is 18.9 Å². The first-order valence-electron chi connectivity index (χ1n) is 7.27. The monoisotopic (exact) mass is 281 g/mol. The number of nitrogens with one attached hydrogen (secondary N) is 1. The Labute approximate surface area is 121 Å². The van der Waals surface area contributed by atoms with Crippen LogP contribution in [0.25, 0.3) is 0 Å². The van der Waals surface area contributed by atoms with Crippen molar-refractivity contribution >= 4 is 5.91 Å². The lowest BCUT2D eigenvalue weighted by Crippen LogP contribution is -2.42. The fourth-order valence-corrected chi connectivity index (χ4v) is 2.27. The lowest BCUT2D eigenvalue weighted by atomic mass is 9.90. The summed E-state index contributed by atoms with van der Waals surface area (Å²) in [4.78, 5) is 12.2. The van der Waals surface area contributed by atoms with E-state index >= 15 is 0 Å².